The van der Waals surface area contributed by atoms with E-state index >= 15 is 0 Å². The van der Waals surface area contributed by atoms with Crippen LogP contribution in [0.15, 0.2) is 46.3 Å². The molecule has 0 bridgehead atoms. The van der Waals surface area contributed by atoms with Gasteiger partial charge in [0, 0.05) is 39.5 Å². The molecular weight excluding hydrogens is 477 g/mol. The molecule has 0 amide bonds. The summed E-state index contributed by atoms with van der Waals surface area (Å²) in [5.74, 6) is 0.0933. The third-order valence-corrected chi connectivity index (χ3v) is 6.81. The maximum Gasteiger partial charge on any atom is 0.328 e. The summed E-state index contributed by atoms with van der Waals surface area (Å²) in [5, 5.41) is -0.188. The number of hydrogen-bond donors (Lipinski definition) is 1. The predicted molar refractivity (Wildman–Crippen MR) is 129 cm³/mol. The molecule has 0 aliphatic rings. The molecule has 4 aromatic rings. The maximum atomic E-state index is 14.6. The number of halogens is 1. The fourth-order valence-corrected chi connectivity index (χ4v) is 4.64. The molecular formula is C23H26FN5O5S. The van der Waals surface area contributed by atoms with Crippen LogP contribution in [0.4, 0.5) is 10.1 Å². The van der Waals surface area contributed by atoms with E-state index in [4.69, 9.17) is 9.47 Å². The summed E-state index contributed by atoms with van der Waals surface area (Å²) in [5.41, 5.74) is 0.636. The Morgan fingerprint density at radius 2 is 1.74 bits per heavy atom. The molecule has 0 saturated heterocycles. The summed E-state index contributed by atoms with van der Waals surface area (Å²) in [7, 11) is 0.707. The van der Waals surface area contributed by atoms with Gasteiger partial charge in [-0.05, 0) is 31.5 Å². The lowest BCUT2D eigenvalue weighted by Gasteiger charge is -2.15. The van der Waals surface area contributed by atoms with Crippen LogP contribution in [-0.4, -0.2) is 33.7 Å². The highest BCUT2D eigenvalue weighted by Gasteiger charge is 2.23. The molecule has 0 fully saturated rings. The van der Waals surface area contributed by atoms with Gasteiger partial charge < -0.3 is 14.0 Å². The van der Waals surface area contributed by atoms with Crippen LogP contribution < -0.4 is 19.9 Å². The van der Waals surface area contributed by atoms with E-state index in [1.54, 1.807) is 32.6 Å². The van der Waals surface area contributed by atoms with Gasteiger partial charge in [-0.2, -0.15) is 8.42 Å². The molecule has 2 aromatic carbocycles. The minimum Gasteiger partial charge on any atom is -0.493 e. The highest BCUT2D eigenvalue weighted by molar-refractivity contribution is 7.92. The quantitative estimate of drug-likeness (QED) is 0.395. The summed E-state index contributed by atoms with van der Waals surface area (Å²) < 4.78 is 59.0. The monoisotopic (exact) mass is 503 g/mol. The number of fused-ring (bicyclic) bond motifs is 1. The summed E-state index contributed by atoms with van der Waals surface area (Å²) in [6.45, 7) is 4.06. The average molecular weight is 504 g/mol. The molecule has 10 nitrogen and oxygen atoms in total. The van der Waals surface area contributed by atoms with E-state index in [9.17, 15) is 17.6 Å². The number of benzene rings is 2. The minimum absolute atomic E-state index is 0.00136. The SMILES string of the molecule is CCCOc1ccc(F)c(Oc2cc3c(cc2NS(=O)(=O)c2cn(C)c(C)n2)n(C)c(=O)n3C)c1. The Hall–Kier alpha value is -3.80. The Morgan fingerprint density at radius 1 is 1.06 bits per heavy atom. The van der Waals surface area contributed by atoms with E-state index < -0.39 is 15.8 Å². The zero-order valence-corrected chi connectivity index (χ0v) is 20.8. The first kappa shape index (κ1) is 24.3. The van der Waals surface area contributed by atoms with E-state index in [1.165, 1.54) is 45.7 Å². The summed E-state index contributed by atoms with van der Waals surface area (Å²) in [4.78, 5) is 16.6. The van der Waals surface area contributed by atoms with E-state index in [0.29, 0.717) is 29.2 Å². The zero-order chi connectivity index (χ0) is 25.5. The van der Waals surface area contributed by atoms with Gasteiger partial charge >= 0.3 is 5.69 Å². The van der Waals surface area contributed by atoms with Gasteiger partial charge in [0.05, 0.1) is 23.3 Å². The molecule has 0 spiro atoms. The van der Waals surface area contributed by atoms with E-state index in [0.717, 1.165) is 6.42 Å². The largest absolute Gasteiger partial charge is 0.493 e. The van der Waals surface area contributed by atoms with E-state index in [1.807, 2.05) is 6.92 Å². The van der Waals surface area contributed by atoms with Crippen molar-refractivity contribution in [3.63, 3.8) is 0 Å². The second kappa shape index (κ2) is 9.10. The second-order valence-corrected chi connectivity index (χ2v) is 9.75. The molecule has 0 aliphatic carbocycles. The van der Waals surface area contributed by atoms with E-state index in [2.05, 4.69) is 9.71 Å². The summed E-state index contributed by atoms with van der Waals surface area (Å²) >= 11 is 0. The van der Waals surface area contributed by atoms with Crippen LogP contribution in [0.25, 0.3) is 11.0 Å². The molecule has 2 heterocycles. The van der Waals surface area contributed by atoms with Gasteiger partial charge in [-0.15, -0.1) is 0 Å². The van der Waals surface area contributed by atoms with Crippen molar-refractivity contribution < 1.29 is 22.3 Å². The number of anilines is 1. The lowest BCUT2D eigenvalue weighted by atomic mass is 10.2. The number of aryl methyl sites for hydroxylation is 4. The molecule has 0 unspecified atom stereocenters. The van der Waals surface area contributed by atoms with Crippen molar-refractivity contribution >= 4 is 26.7 Å². The molecule has 0 saturated carbocycles. The molecule has 4 rings (SSSR count). The van der Waals surface area contributed by atoms with Gasteiger partial charge in [-0.25, -0.2) is 14.2 Å². The highest BCUT2D eigenvalue weighted by Crippen LogP contribution is 2.37. The van der Waals surface area contributed by atoms with Gasteiger partial charge in [0.2, 0.25) is 0 Å². The molecule has 12 heteroatoms. The second-order valence-electron chi connectivity index (χ2n) is 8.12. The van der Waals surface area contributed by atoms with Crippen molar-refractivity contribution in [1.82, 2.24) is 18.7 Å². The normalized spacial score (nSPS) is 11.7. The van der Waals surface area contributed by atoms with Crippen molar-refractivity contribution in [2.24, 2.45) is 21.1 Å². The topological polar surface area (TPSA) is 109 Å². The zero-order valence-electron chi connectivity index (χ0n) is 20.0. The average Bonchev–Trinajstić information content (AvgIpc) is 3.26. The van der Waals surface area contributed by atoms with Crippen LogP contribution in [0.2, 0.25) is 0 Å². The first-order valence-electron chi connectivity index (χ1n) is 10.8. The first-order chi connectivity index (χ1) is 16.5. The molecule has 1 N–H and O–H groups in total. The van der Waals surface area contributed by atoms with Crippen LogP contribution in [0, 0.1) is 12.7 Å². The summed E-state index contributed by atoms with van der Waals surface area (Å²) in [6.07, 6.45) is 2.15. The van der Waals surface area contributed by atoms with Crippen molar-refractivity contribution in [3.8, 4) is 17.2 Å². The fourth-order valence-electron chi connectivity index (χ4n) is 3.53. The smallest absolute Gasteiger partial charge is 0.328 e. The van der Waals surface area contributed by atoms with Crippen molar-refractivity contribution in [2.75, 3.05) is 11.3 Å². The fraction of sp³-hybridized carbons (Fsp3) is 0.304. The van der Waals surface area contributed by atoms with Gasteiger partial charge in [-0.3, -0.25) is 13.9 Å². The van der Waals surface area contributed by atoms with Crippen molar-refractivity contribution in [3.05, 3.63) is 58.7 Å². The van der Waals surface area contributed by atoms with Crippen molar-refractivity contribution in [1.29, 1.82) is 0 Å². The number of hydrogen-bond acceptors (Lipinski definition) is 6. The maximum absolute atomic E-state index is 14.6. The molecule has 0 aliphatic heterocycles. The van der Waals surface area contributed by atoms with Gasteiger partial charge in [-0.1, -0.05) is 6.92 Å². The number of rotatable bonds is 8. The lowest BCUT2D eigenvalue weighted by molar-refractivity contribution is 0.314. The molecule has 0 radical (unpaired) electrons. The van der Waals surface area contributed by atoms with Gasteiger partial charge in [0.15, 0.2) is 22.3 Å². The third kappa shape index (κ3) is 4.61. The molecule has 186 valence electrons. The first-order valence-corrected chi connectivity index (χ1v) is 12.3. The number of ether oxygens (including phenoxy) is 2. The number of nitrogens with zero attached hydrogens (tertiary/aromatic N) is 4. The number of imidazole rings is 2. The minimum atomic E-state index is -4.12. The van der Waals surface area contributed by atoms with Crippen LogP contribution in [0.3, 0.4) is 0 Å². The Bertz CT molecular complexity index is 1570. The number of nitrogens with one attached hydrogen (secondary N) is 1. The van der Waals surface area contributed by atoms with Crippen LogP contribution in [-0.2, 0) is 31.2 Å². The Morgan fingerprint density at radius 3 is 2.37 bits per heavy atom. The predicted octanol–water partition coefficient (Wildman–Crippen LogP) is 3.44. The van der Waals surface area contributed by atoms with E-state index in [-0.39, 0.29) is 27.9 Å². The summed E-state index contributed by atoms with van der Waals surface area (Å²) in [6, 6.07) is 7.03. The van der Waals surface area contributed by atoms with Crippen molar-refractivity contribution in [2.45, 2.75) is 25.3 Å². The lowest BCUT2D eigenvalue weighted by Crippen LogP contribution is -2.19. The number of aromatic nitrogens is 4. The Labute approximate surface area is 201 Å². The Balaban J connectivity index is 1.84. The highest BCUT2D eigenvalue weighted by atomic mass is 32.2. The third-order valence-electron chi connectivity index (χ3n) is 5.57. The van der Waals surface area contributed by atoms with Crippen LogP contribution in [0.1, 0.15) is 19.2 Å². The molecule has 35 heavy (non-hydrogen) atoms. The van der Waals surface area contributed by atoms with Crippen LogP contribution in [0.5, 0.6) is 17.2 Å². The Kier molecular flexibility index (Phi) is 6.32. The van der Waals surface area contributed by atoms with Crippen LogP contribution >= 0.6 is 0 Å². The standard InChI is InChI=1S/C23H26FN5O5S/c1-6-9-33-15-7-8-16(24)20(10-15)34-21-12-19-18(28(4)23(30)29(19)5)11-17(21)26-35(31,32)22-13-27(3)14(2)25-22/h7-8,10-13,26H,6,9H2,1-5H3. The molecule has 2 aromatic heterocycles. The number of sulfonamides is 1. The molecule has 0 atom stereocenters. The van der Waals surface area contributed by atoms with Gasteiger partial charge in [0.1, 0.15) is 11.6 Å². The van der Waals surface area contributed by atoms with Gasteiger partial charge in [0.25, 0.3) is 10.0 Å².